The van der Waals surface area contributed by atoms with Gasteiger partial charge in [0.2, 0.25) is 0 Å². The minimum atomic E-state index is 0.0655. The lowest BCUT2D eigenvalue weighted by Gasteiger charge is -2.20. The smallest absolute Gasteiger partial charge is 0.257 e. The molecule has 6 heteroatoms. The molecule has 6 nitrogen and oxygen atoms in total. The first-order valence-corrected chi connectivity index (χ1v) is 8.97. The van der Waals surface area contributed by atoms with Crippen LogP contribution in [0.5, 0.6) is 0 Å². The molecule has 0 fully saturated rings. The van der Waals surface area contributed by atoms with E-state index in [1.165, 1.54) is 11.3 Å². The second kappa shape index (κ2) is 6.44. The summed E-state index contributed by atoms with van der Waals surface area (Å²) in [6, 6.07) is 10.3. The van der Waals surface area contributed by atoms with Crippen molar-refractivity contribution in [3.8, 4) is 11.3 Å². The number of aromatic amines is 1. The van der Waals surface area contributed by atoms with Crippen molar-refractivity contribution in [3.63, 3.8) is 0 Å². The highest BCUT2D eigenvalue weighted by atomic mass is 16.2. The molecule has 0 radical (unpaired) electrons. The largest absolute Gasteiger partial charge is 0.338 e. The molecule has 0 atom stereocenters. The van der Waals surface area contributed by atoms with E-state index < -0.39 is 0 Å². The predicted molar refractivity (Wildman–Crippen MR) is 100 cm³/mol. The molecule has 26 heavy (non-hydrogen) atoms. The van der Waals surface area contributed by atoms with E-state index in [0.29, 0.717) is 18.7 Å². The number of amides is 1. The van der Waals surface area contributed by atoms with E-state index in [1.807, 2.05) is 48.7 Å². The van der Waals surface area contributed by atoms with Gasteiger partial charge in [0.1, 0.15) is 0 Å². The summed E-state index contributed by atoms with van der Waals surface area (Å²) in [5, 5.41) is 11.8. The van der Waals surface area contributed by atoms with E-state index in [1.54, 1.807) is 0 Å². The quantitative estimate of drug-likeness (QED) is 0.773. The summed E-state index contributed by atoms with van der Waals surface area (Å²) in [6.45, 7) is 5.17. The van der Waals surface area contributed by atoms with Crippen LogP contribution in [-0.2, 0) is 19.9 Å². The molecular weight excluding hydrogens is 326 g/mol. The zero-order chi connectivity index (χ0) is 18.3. The van der Waals surface area contributed by atoms with Crippen molar-refractivity contribution >= 4 is 5.91 Å². The van der Waals surface area contributed by atoms with Crippen LogP contribution in [0.4, 0.5) is 0 Å². The van der Waals surface area contributed by atoms with Crippen LogP contribution in [0.1, 0.15) is 33.0 Å². The fraction of sp³-hybridized carbons (Fsp3) is 0.350. The van der Waals surface area contributed by atoms with E-state index in [-0.39, 0.29) is 5.91 Å². The average molecular weight is 349 g/mol. The summed E-state index contributed by atoms with van der Waals surface area (Å²) in [7, 11) is 1.99. The molecule has 134 valence electrons. The third kappa shape index (κ3) is 2.71. The molecule has 2 aromatic heterocycles. The van der Waals surface area contributed by atoms with E-state index in [2.05, 4.69) is 22.3 Å². The number of fused-ring (bicyclic) bond motifs is 1. The van der Waals surface area contributed by atoms with Crippen molar-refractivity contribution in [2.24, 2.45) is 7.05 Å². The lowest BCUT2D eigenvalue weighted by molar-refractivity contribution is 0.0761. The summed E-state index contributed by atoms with van der Waals surface area (Å²) >= 11 is 0. The van der Waals surface area contributed by atoms with Crippen molar-refractivity contribution in [2.75, 3.05) is 13.1 Å². The van der Waals surface area contributed by atoms with Gasteiger partial charge >= 0.3 is 0 Å². The number of benzene rings is 1. The van der Waals surface area contributed by atoms with Crippen LogP contribution in [-0.4, -0.2) is 43.9 Å². The van der Waals surface area contributed by atoms with E-state index >= 15 is 0 Å². The summed E-state index contributed by atoms with van der Waals surface area (Å²) in [4.78, 5) is 15.0. The molecule has 0 saturated carbocycles. The van der Waals surface area contributed by atoms with Gasteiger partial charge in [-0.25, -0.2) is 0 Å². The maximum absolute atomic E-state index is 13.0. The van der Waals surface area contributed by atoms with Crippen molar-refractivity contribution in [3.05, 3.63) is 58.5 Å². The Morgan fingerprint density at radius 3 is 2.54 bits per heavy atom. The minimum absolute atomic E-state index is 0.0655. The molecule has 4 rings (SSSR count). The Morgan fingerprint density at radius 1 is 1.12 bits per heavy atom. The van der Waals surface area contributed by atoms with Gasteiger partial charge in [-0.3, -0.25) is 14.6 Å². The number of rotatable bonds is 2. The van der Waals surface area contributed by atoms with Crippen LogP contribution in [0, 0.1) is 13.8 Å². The van der Waals surface area contributed by atoms with Gasteiger partial charge in [0.25, 0.3) is 5.91 Å². The SMILES string of the molecule is Cc1n[nH]c(C)c1C(=O)N1CCc2c(-c3ccccc3)nn(C)c2CC1. The molecule has 0 unspecified atom stereocenters. The molecule has 1 aliphatic heterocycles. The normalized spacial score (nSPS) is 14.2. The Labute approximate surface area is 152 Å². The van der Waals surface area contributed by atoms with Gasteiger partial charge in [0.15, 0.2) is 0 Å². The topological polar surface area (TPSA) is 66.8 Å². The highest BCUT2D eigenvalue weighted by Gasteiger charge is 2.27. The van der Waals surface area contributed by atoms with Crippen LogP contribution < -0.4 is 0 Å². The van der Waals surface area contributed by atoms with Crippen molar-refractivity contribution in [1.29, 1.82) is 0 Å². The summed E-state index contributed by atoms with van der Waals surface area (Å²) < 4.78 is 1.97. The van der Waals surface area contributed by atoms with Crippen molar-refractivity contribution in [1.82, 2.24) is 24.9 Å². The second-order valence-corrected chi connectivity index (χ2v) is 6.86. The Bertz CT molecular complexity index is 935. The van der Waals surface area contributed by atoms with Gasteiger partial charge in [-0.2, -0.15) is 10.2 Å². The molecule has 1 aliphatic rings. The molecule has 3 aromatic rings. The zero-order valence-corrected chi connectivity index (χ0v) is 15.4. The van der Waals surface area contributed by atoms with Crippen LogP contribution in [0.2, 0.25) is 0 Å². The van der Waals surface area contributed by atoms with E-state index in [4.69, 9.17) is 5.10 Å². The molecule has 1 N–H and O–H groups in total. The zero-order valence-electron chi connectivity index (χ0n) is 15.4. The van der Waals surface area contributed by atoms with Gasteiger partial charge in [-0.05, 0) is 20.3 Å². The number of aryl methyl sites for hydroxylation is 3. The standard InChI is InChI=1S/C20H23N5O/c1-13-18(14(2)22-21-13)20(26)25-11-9-16-17(10-12-25)24(3)23-19(16)15-7-5-4-6-8-15/h4-8H,9-12H2,1-3H3,(H,21,22). The van der Waals surface area contributed by atoms with Crippen LogP contribution >= 0.6 is 0 Å². The monoisotopic (exact) mass is 349 g/mol. The number of nitrogens with one attached hydrogen (secondary N) is 1. The third-order valence-corrected chi connectivity index (χ3v) is 5.20. The lowest BCUT2D eigenvalue weighted by Crippen LogP contribution is -2.34. The molecule has 0 spiro atoms. The van der Waals surface area contributed by atoms with Crippen molar-refractivity contribution < 1.29 is 4.79 Å². The average Bonchev–Trinajstić information content (AvgIpc) is 3.04. The highest BCUT2D eigenvalue weighted by molar-refractivity contribution is 5.96. The van der Waals surface area contributed by atoms with Crippen LogP contribution in [0.15, 0.2) is 30.3 Å². The molecule has 0 saturated heterocycles. The second-order valence-electron chi connectivity index (χ2n) is 6.86. The van der Waals surface area contributed by atoms with E-state index in [0.717, 1.165) is 35.5 Å². The molecule has 0 aliphatic carbocycles. The fourth-order valence-electron chi connectivity index (χ4n) is 3.83. The Kier molecular flexibility index (Phi) is 4.11. The molecule has 1 aromatic carbocycles. The number of nitrogens with zero attached hydrogens (tertiary/aromatic N) is 4. The number of H-pyrrole nitrogens is 1. The Morgan fingerprint density at radius 2 is 1.85 bits per heavy atom. The number of carbonyl (C=O) groups excluding carboxylic acids is 1. The molecule has 1 amide bonds. The number of carbonyl (C=O) groups is 1. The van der Waals surface area contributed by atoms with E-state index in [9.17, 15) is 4.79 Å². The predicted octanol–water partition coefficient (Wildman–Crippen LogP) is 2.67. The highest BCUT2D eigenvalue weighted by Crippen LogP contribution is 2.28. The van der Waals surface area contributed by atoms with Crippen LogP contribution in [0.25, 0.3) is 11.3 Å². The van der Waals surface area contributed by atoms with Gasteiger partial charge < -0.3 is 4.90 Å². The maximum atomic E-state index is 13.0. The summed E-state index contributed by atoms with van der Waals surface area (Å²) in [6.07, 6.45) is 1.63. The first kappa shape index (κ1) is 16.6. The molecule has 3 heterocycles. The Hall–Kier alpha value is -2.89. The molecule has 0 bridgehead atoms. The molecular formula is C20H23N5O. The first-order chi connectivity index (χ1) is 12.6. The fourth-order valence-corrected chi connectivity index (χ4v) is 3.83. The minimum Gasteiger partial charge on any atom is -0.338 e. The van der Waals surface area contributed by atoms with Crippen LogP contribution in [0.3, 0.4) is 0 Å². The summed E-state index contributed by atoms with van der Waals surface area (Å²) in [5.41, 5.74) is 6.95. The first-order valence-electron chi connectivity index (χ1n) is 8.97. The summed E-state index contributed by atoms with van der Waals surface area (Å²) in [5.74, 6) is 0.0655. The van der Waals surface area contributed by atoms with Crippen molar-refractivity contribution in [2.45, 2.75) is 26.7 Å². The van der Waals surface area contributed by atoms with Gasteiger partial charge in [-0.15, -0.1) is 0 Å². The third-order valence-electron chi connectivity index (χ3n) is 5.20. The number of aromatic nitrogens is 4. The Balaban J connectivity index is 1.63. The van der Waals surface area contributed by atoms with Gasteiger partial charge in [0.05, 0.1) is 17.0 Å². The number of hydrogen-bond donors (Lipinski definition) is 1. The number of hydrogen-bond acceptors (Lipinski definition) is 3. The van der Waals surface area contributed by atoms with Gasteiger partial charge in [-0.1, -0.05) is 30.3 Å². The maximum Gasteiger partial charge on any atom is 0.257 e. The lowest BCUT2D eigenvalue weighted by atomic mass is 10.0. The van der Waals surface area contributed by atoms with Gasteiger partial charge in [0, 0.05) is 49.1 Å².